The summed E-state index contributed by atoms with van der Waals surface area (Å²) in [4.78, 5) is 19.4. The lowest BCUT2D eigenvalue weighted by atomic mass is 10.1. The van der Waals surface area contributed by atoms with Crippen molar-refractivity contribution >= 4 is 23.2 Å². The van der Waals surface area contributed by atoms with Crippen LogP contribution in [0.5, 0.6) is 0 Å². The highest BCUT2D eigenvalue weighted by atomic mass is 19.4. The number of hydrogen-bond donors (Lipinski definition) is 2. The third kappa shape index (κ3) is 4.37. The molecular weight excluding hydrogens is 429 g/mol. The molecule has 0 bridgehead atoms. The number of halogens is 3. The zero-order chi connectivity index (χ0) is 23.0. The highest BCUT2D eigenvalue weighted by molar-refractivity contribution is 6.03. The van der Waals surface area contributed by atoms with E-state index in [4.69, 9.17) is 0 Å². The normalized spacial score (nSPS) is 15.3. The minimum atomic E-state index is -4.44. The SMILES string of the molecule is O=C(Nc1ccc2c(c1)CCC2)N1CCCNc2ccc(-c3cccc(C(F)(F)F)c3)nc21. The van der Waals surface area contributed by atoms with Crippen molar-refractivity contribution < 1.29 is 18.0 Å². The van der Waals surface area contributed by atoms with Crippen molar-refractivity contribution in [1.82, 2.24) is 4.98 Å². The Morgan fingerprint density at radius 3 is 2.70 bits per heavy atom. The molecule has 2 amide bonds. The van der Waals surface area contributed by atoms with Gasteiger partial charge in [0.25, 0.3) is 0 Å². The van der Waals surface area contributed by atoms with Gasteiger partial charge < -0.3 is 10.6 Å². The topological polar surface area (TPSA) is 57.3 Å². The number of rotatable bonds is 2. The molecule has 0 unspecified atom stereocenters. The van der Waals surface area contributed by atoms with Gasteiger partial charge in [-0.2, -0.15) is 13.2 Å². The van der Waals surface area contributed by atoms with Crippen LogP contribution in [0.2, 0.25) is 0 Å². The number of amides is 2. The molecule has 0 saturated carbocycles. The van der Waals surface area contributed by atoms with E-state index in [9.17, 15) is 18.0 Å². The molecule has 0 spiro atoms. The highest BCUT2D eigenvalue weighted by Gasteiger charge is 2.31. The van der Waals surface area contributed by atoms with Crippen molar-refractivity contribution in [1.29, 1.82) is 0 Å². The van der Waals surface area contributed by atoms with E-state index < -0.39 is 11.7 Å². The molecule has 2 aromatic carbocycles. The molecule has 1 aliphatic heterocycles. The number of fused-ring (bicyclic) bond motifs is 2. The van der Waals surface area contributed by atoms with Crippen LogP contribution in [0, 0.1) is 0 Å². The predicted molar refractivity (Wildman–Crippen MR) is 123 cm³/mol. The number of alkyl halides is 3. The molecule has 2 aliphatic rings. The zero-order valence-corrected chi connectivity index (χ0v) is 17.9. The van der Waals surface area contributed by atoms with Gasteiger partial charge in [-0.1, -0.05) is 18.2 Å². The van der Waals surface area contributed by atoms with E-state index >= 15 is 0 Å². The number of aromatic nitrogens is 1. The fraction of sp³-hybridized carbons (Fsp3) is 0.280. The summed E-state index contributed by atoms with van der Waals surface area (Å²) >= 11 is 0. The van der Waals surface area contributed by atoms with Crippen LogP contribution in [0.1, 0.15) is 29.5 Å². The first-order valence-electron chi connectivity index (χ1n) is 11.0. The monoisotopic (exact) mass is 452 g/mol. The number of urea groups is 1. The van der Waals surface area contributed by atoms with Crippen LogP contribution in [0.25, 0.3) is 11.3 Å². The smallest absolute Gasteiger partial charge is 0.382 e. The van der Waals surface area contributed by atoms with Gasteiger partial charge >= 0.3 is 12.2 Å². The second-order valence-corrected chi connectivity index (χ2v) is 8.35. The number of nitrogens with one attached hydrogen (secondary N) is 2. The van der Waals surface area contributed by atoms with Crippen molar-refractivity contribution in [2.75, 3.05) is 28.6 Å². The van der Waals surface area contributed by atoms with E-state index in [0.717, 1.165) is 37.1 Å². The number of aryl methyl sites for hydroxylation is 2. The van der Waals surface area contributed by atoms with Crippen LogP contribution >= 0.6 is 0 Å². The van der Waals surface area contributed by atoms with E-state index in [1.165, 1.54) is 17.2 Å². The predicted octanol–water partition coefficient (Wildman–Crippen LogP) is 6.11. The molecule has 3 aromatic rings. The van der Waals surface area contributed by atoms with Crippen molar-refractivity contribution in [3.05, 3.63) is 71.3 Å². The second kappa shape index (κ2) is 8.42. The van der Waals surface area contributed by atoms with Gasteiger partial charge in [0.2, 0.25) is 0 Å². The lowest BCUT2D eigenvalue weighted by molar-refractivity contribution is -0.137. The standard InChI is InChI=1S/C25H23F3N4O/c26-25(27,28)19-7-2-6-18(14-19)21-10-11-22-23(31-21)32(13-3-12-29-22)24(33)30-20-9-8-16-4-1-5-17(16)15-20/h2,6-11,14-15,29H,1,3-5,12-13H2,(H,30,33). The van der Waals surface area contributed by atoms with Gasteiger partial charge in [0.05, 0.1) is 16.9 Å². The van der Waals surface area contributed by atoms with Gasteiger partial charge in [0.15, 0.2) is 5.82 Å². The molecule has 5 nitrogen and oxygen atoms in total. The first-order chi connectivity index (χ1) is 15.9. The summed E-state index contributed by atoms with van der Waals surface area (Å²) in [5.74, 6) is 0.404. The van der Waals surface area contributed by atoms with E-state index in [2.05, 4.69) is 21.7 Å². The Hall–Kier alpha value is -3.55. The van der Waals surface area contributed by atoms with E-state index in [-0.39, 0.29) is 6.03 Å². The van der Waals surface area contributed by atoms with Gasteiger partial charge in [-0.15, -0.1) is 0 Å². The van der Waals surface area contributed by atoms with E-state index in [1.807, 2.05) is 12.1 Å². The molecule has 0 radical (unpaired) electrons. The van der Waals surface area contributed by atoms with Crippen molar-refractivity contribution in [2.45, 2.75) is 31.9 Å². The molecule has 1 aliphatic carbocycles. The second-order valence-electron chi connectivity index (χ2n) is 8.35. The molecule has 0 atom stereocenters. The third-order valence-electron chi connectivity index (χ3n) is 6.09. The maximum atomic E-state index is 13.2. The summed E-state index contributed by atoms with van der Waals surface area (Å²) in [6, 6.07) is 14.2. The molecular formula is C25H23F3N4O. The first kappa shape index (κ1) is 21.3. The summed E-state index contributed by atoms with van der Waals surface area (Å²) < 4.78 is 39.5. The molecule has 0 saturated heterocycles. The van der Waals surface area contributed by atoms with Crippen LogP contribution in [0.3, 0.4) is 0 Å². The third-order valence-corrected chi connectivity index (χ3v) is 6.09. The summed E-state index contributed by atoms with van der Waals surface area (Å²) in [5, 5.41) is 6.23. The first-order valence-corrected chi connectivity index (χ1v) is 11.0. The number of carbonyl (C=O) groups excluding carboxylic acids is 1. The maximum Gasteiger partial charge on any atom is 0.416 e. The number of hydrogen-bond acceptors (Lipinski definition) is 3. The molecule has 33 heavy (non-hydrogen) atoms. The summed E-state index contributed by atoms with van der Waals surface area (Å²) in [6.45, 7) is 1.11. The Kier molecular flexibility index (Phi) is 5.44. The maximum absolute atomic E-state index is 13.2. The highest BCUT2D eigenvalue weighted by Crippen LogP contribution is 2.34. The molecule has 2 N–H and O–H groups in total. The average molecular weight is 452 g/mol. The summed E-state index contributed by atoms with van der Waals surface area (Å²) in [5.41, 5.74) is 3.97. The van der Waals surface area contributed by atoms with Crippen molar-refractivity contribution in [3.63, 3.8) is 0 Å². The number of benzene rings is 2. The molecule has 170 valence electrons. The number of carbonyl (C=O) groups is 1. The van der Waals surface area contributed by atoms with Crippen LogP contribution in [0.4, 0.5) is 35.2 Å². The van der Waals surface area contributed by atoms with Crippen LogP contribution < -0.4 is 15.5 Å². The lowest BCUT2D eigenvalue weighted by Crippen LogP contribution is -2.36. The van der Waals surface area contributed by atoms with E-state index in [0.29, 0.717) is 42.3 Å². The Morgan fingerprint density at radius 1 is 1.00 bits per heavy atom. The Balaban J connectivity index is 1.46. The fourth-order valence-electron chi connectivity index (χ4n) is 4.41. The van der Waals surface area contributed by atoms with Gasteiger partial charge in [-0.05, 0) is 73.2 Å². The molecule has 1 aromatic heterocycles. The van der Waals surface area contributed by atoms with Crippen LogP contribution in [-0.4, -0.2) is 24.1 Å². The Morgan fingerprint density at radius 2 is 1.85 bits per heavy atom. The van der Waals surface area contributed by atoms with Crippen LogP contribution in [0.15, 0.2) is 54.6 Å². The minimum Gasteiger partial charge on any atom is -0.382 e. The average Bonchev–Trinajstić information content (AvgIpc) is 3.16. The van der Waals surface area contributed by atoms with Gasteiger partial charge in [0.1, 0.15) is 0 Å². The fourth-order valence-corrected chi connectivity index (χ4v) is 4.41. The molecule has 0 fully saturated rings. The van der Waals surface area contributed by atoms with Crippen molar-refractivity contribution in [3.8, 4) is 11.3 Å². The minimum absolute atomic E-state index is 0.313. The quantitative estimate of drug-likeness (QED) is 0.493. The molecule has 5 rings (SSSR count). The summed E-state index contributed by atoms with van der Waals surface area (Å²) in [7, 11) is 0. The summed E-state index contributed by atoms with van der Waals surface area (Å²) in [6.07, 6.45) is -0.521. The van der Waals surface area contributed by atoms with Gasteiger partial charge in [0, 0.05) is 24.3 Å². The van der Waals surface area contributed by atoms with Crippen molar-refractivity contribution in [2.24, 2.45) is 0 Å². The Labute approximate surface area is 189 Å². The largest absolute Gasteiger partial charge is 0.416 e. The van der Waals surface area contributed by atoms with Gasteiger partial charge in [-0.25, -0.2) is 9.78 Å². The van der Waals surface area contributed by atoms with Crippen LogP contribution in [-0.2, 0) is 19.0 Å². The molecule has 2 heterocycles. The number of pyridine rings is 1. The zero-order valence-electron chi connectivity index (χ0n) is 17.9. The number of nitrogens with zero attached hydrogens (tertiary/aromatic N) is 2. The number of anilines is 3. The van der Waals surface area contributed by atoms with Gasteiger partial charge in [-0.3, -0.25) is 4.90 Å². The van der Waals surface area contributed by atoms with E-state index in [1.54, 1.807) is 23.1 Å². The Bertz CT molecular complexity index is 1210. The molecule has 8 heteroatoms. The lowest BCUT2D eigenvalue weighted by Gasteiger charge is -2.22.